The molecule has 0 unspecified atom stereocenters. The van der Waals surface area contributed by atoms with E-state index in [1.165, 1.54) is 12.6 Å². The van der Waals surface area contributed by atoms with Gasteiger partial charge in [0.2, 0.25) is 11.8 Å². The van der Waals surface area contributed by atoms with Gasteiger partial charge in [-0.15, -0.1) is 0 Å². The van der Waals surface area contributed by atoms with Crippen molar-refractivity contribution in [3.63, 3.8) is 0 Å². The molecule has 1 fully saturated rings. The lowest BCUT2D eigenvalue weighted by atomic mass is 9.93. The molecule has 1 heterocycles. The highest BCUT2D eigenvalue weighted by Gasteiger charge is 2.20. The molecule has 1 aliphatic carbocycles. The molecule has 0 saturated heterocycles. The van der Waals surface area contributed by atoms with Crippen molar-refractivity contribution in [1.82, 2.24) is 9.97 Å². The minimum Gasteiger partial charge on any atom is -0.474 e. The minimum absolute atomic E-state index is 0.0745. The van der Waals surface area contributed by atoms with Gasteiger partial charge in [-0.05, 0) is 33.1 Å². The SMILES string of the molecule is CC(C)Oc1nc(NC2CCC2)ncc1C(N)=O. The minimum atomic E-state index is -0.583. The third-order valence-electron chi connectivity index (χ3n) is 2.80. The van der Waals surface area contributed by atoms with Gasteiger partial charge >= 0.3 is 0 Å². The molecule has 3 N–H and O–H groups in total. The summed E-state index contributed by atoms with van der Waals surface area (Å²) in [5, 5.41) is 3.20. The number of carbonyl (C=O) groups excluding carboxylic acids is 1. The van der Waals surface area contributed by atoms with Crippen molar-refractivity contribution < 1.29 is 9.53 Å². The van der Waals surface area contributed by atoms with Gasteiger partial charge in [-0.25, -0.2) is 4.98 Å². The van der Waals surface area contributed by atoms with Crippen molar-refractivity contribution in [3.8, 4) is 5.88 Å². The monoisotopic (exact) mass is 250 g/mol. The number of nitrogens with two attached hydrogens (primary N) is 1. The van der Waals surface area contributed by atoms with Crippen LogP contribution in [-0.2, 0) is 0 Å². The first-order chi connectivity index (χ1) is 8.56. The normalized spacial score (nSPS) is 15.3. The molecule has 0 radical (unpaired) electrons. The zero-order chi connectivity index (χ0) is 13.1. The highest BCUT2D eigenvalue weighted by atomic mass is 16.5. The largest absolute Gasteiger partial charge is 0.474 e. The predicted molar refractivity (Wildman–Crippen MR) is 67.6 cm³/mol. The Labute approximate surface area is 106 Å². The molecule has 6 heteroatoms. The van der Waals surface area contributed by atoms with E-state index in [0.717, 1.165) is 12.8 Å². The van der Waals surface area contributed by atoms with Gasteiger partial charge in [-0.1, -0.05) is 0 Å². The van der Waals surface area contributed by atoms with Crippen LogP contribution in [0.1, 0.15) is 43.5 Å². The zero-order valence-corrected chi connectivity index (χ0v) is 10.6. The van der Waals surface area contributed by atoms with Crippen LogP contribution < -0.4 is 15.8 Å². The number of primary amides is 1. The molecule has 1 aromatic heterocycles. The third-order valence-corrected chi connectivity index (χ3v) is 2.80. The van der Waals surface area contributed by atoms with E-state index in [9.17, 15) is 4.79 Å². The molecular weight excluding hydrogens is 232 g/mol. The molecule has 2 rings (SSSR count). The second-order valence-electron chi connectivity index (χ2n) is 4.72. The van der Waals surface area contributed by atoms with E-state index in [-0.39, 0.29) is 17.5 Å². The summed E-state index contributed by atoms with van der Waals surface area (Å²) >= 11 is 0. The van der Waals surface area contributed by atoms with Crippen molar-refractivity contribution in [3.05, 3.63) is 11.8 Å². The smallest absolute Gasteiger partial charge is 0.255 e. The number of rotatable bonds is 5. The second-order valence-corrected chi connectivity index (χ2v) is 4.72. The number of hydrogen-bond donors (Lipinski definition) is 2. The molecule has 0 spiro atoms. The molecule has 1 aliphatic rings. The van der Waals surface area contributed by atoms with Crippen molar-refractivity contribution in [2.75, 3.05) is 5.32 Å². The maximum atomic E-state index is 11.2. The Morgan fingerprint density at radius 2 is 2.28 bits per heavy atom. The molecule has 1 aromatic rings. The summed E-state index contributed by atoms with van der Waals surface area (Å²) in [4.78, 5) is 19.5. The highest BCUT2D eigenvalue weighted by molar-refractivity contribution is 5.94. The number of carbonyl (C=O) groups is 1. The average molecular weight is 250 g/mol. The molecule has 6 nitrogen and oxygen atoms in total. The summed E-state index contributed by atoms with van der Waals surface area (Å²) in [7, 11) is 0. The lowest BCUT2D eigenvalue weighted by molar-refractivity contribution is 0.0993. The van der Waals surface area contributed by atoms with Crippen LogP contribution in [0.2, 0.25) is 0 Å². The van der Waals surface area contributed by atoms with Gasteiger partial charge in [0.05, 0.1) is 6.10 Å². The van der Waals surface area contributed by atoms with E-state index in [4.69, 9.17) is 10.5 Å². The number of amides is 1. The van der Waals surface area contributed by atoms with Gasteiger partial charge in [-0.3, -0.25) is 4.79 Å². The fraction of sp³-hybridized carbons (Fsp3) is 0.583. The van der Waals surface area contributed by atoms with E-state index in [1.54, 1.807) is 0 Å². The van der Waals surface area contributed by atoms with Gasteiger partial charge < -0.3 is 15.8 Å². The van der Waals surface area contributed by atoms with Gasteiger partial charge in [0.25, 0.3) is 5.91 Å². The fourth-order valence-corrected chi connectivity index (χ4v) is 1.65. The summed E-state index contributed by atoms with van der Waals surface area (Å²) in [6.45, 7) is 3.73. The predicted octanol–water partition coefficient (Wildman–Crippen LogP) is 1.33. The molecule has 1 saturated carbocycles. The van der Waals surface area contributed by atoms with Crippen LogP contribution in [-0.4, -0.2) is 28.0 Å². The van der Waals surface area contributed by atoms with Crippen LogP contribution >= 0.6 is 0 Å². The molecule has 0 aliphatic heterocycles. The van der Waals surface area contributed by atoms with Crippen molar-refractivity contribution >= 4 is 11.9 Å². The first-order valence-corrected chi connectivity index (χ1v) is 6.16. The lowest BCUT2D eigenvalue weighted by Crippen LogP contribution is -2.28. The van der Waals surface area contributed by atoms with Gasteiger partial charge in [0.1, 0.15) is 5.56 Å². The first kappa shape index (κ1) is 12.6. The molecule has 0 bridgehead atoms. The molecule has 0 atom stereocenters. The second kappa shape index (κ2) is 5.20. The van der Waals surface area contributed by atoms with Crippen LogP contribution in [0.15, 0.2) is 6.20 Å². The van der Waals surface area contributed by atoms with Crippen LogP contribution in [0.5, 0.6) is 5.88 Å². The van der Waals surface area contributed by atoms with Crippen molar-refractivity contribution in [1.29, 1.82) is 0 Å². The standard InChI is InChI=1S/C12H18N4O2/c1-7(2)18-11-9(10(13)17)6-14-12(16-11)15-8-4-3-5-8/h6-8H,3-5H2,1-2H3,(H2,13,17)(H,14,15,16). The quantitative estimate of drug-likeness (QED) is 0.822. The van der Waals surface area contributed by atoms with Crippen LogP contribution in [0.4, 0.5) is 5.95 Å². The van der Waals surface area contributed by atoms with Crippen LogP contribution in [0, 0.1) is 0 Å². The van der Waals surface area contributed by atoms with Crippen molar-refractivity contribution in [2.45, 2.75) is 45.3 Å². The topological polar surface area (TPSA) is 90.1 Å². The zero-order valence-electron chi connectivity index (χ0n) is 10.6. The first-order valence-electron chi connectivity index (χ1n) is 6.16. The Morgan fingerprint density at radius 1 is 1.56 bits per heavy atom. The fourth-order valence-electron chi connectivity index (χ4n) is 1.65. The summed E-state index contributed by atoms with van der Waals surface area (Å²) in [5.74, 6) is 0.149. The van der Waals surface area contributed by atoms with Crippen LogP contribution in [0.25, 0.3) is 0 Å². The Hall–Kier alpha value is -1.85. The number of nitrogens with one attached hydrogen (secondary N) is 1. The molecule has 1 amide bonds. The van der Waals surface area contributed by atoms with E-state index in [0.29, 0.717) is 12.0 Å². The Morgan fingerprint density at radius 3 is 2.78 bits per heavy atom. The number of aromatic nitrogens is 2. The van der Waals surface area contributed by atoms with E-state index in [1.807, 2.05) is 13.8 Å². The average Bonchev–Trinajstić information content (AvgIpc) is 2.22. The molecule has 0 aromatic carbocycles. The maximum absolute atomic E-state index is 11.2. The Kier molecular flexibility index (Phi) is 3.64. The van der Waals surface area contributed by atoms with E-state index >= 15 is 0 Å². The van der Waals surface area contributed by atoms with E-state index < -0.39 is 5.91 Å². The third kappa shape index (κ3) is 2.88. The number of hydrogen-bond acceptors (Lipinski definition) is 5. The summed E-state index contributed by atoms with van der Waals surface area (Å²) in [6.07, 6.45) is 4.82. The number of ether oxygens (including phenoxy) is 1. The summed E-state index contributed by atoms with van der Waals surface area (Å²) < 4.78 is 5.49. The van der Waals surface area contributed by atoms with Crippen molar-refractivity contribution in [2.24, 2.45) is 5.73 Å². The maximum Gasteiger partial charge on any atom is 0.255 e. The highest BCUT2D eigenvalue weighted by Crippen LogP contribution is 2.23. The van der Waals surface area contributed by atoms with Gasteiger partial charge in [0, 0.05) is 12.2 Å². The molecule has 18 heavy (non-hydrogen) atoms. The van der Waals surface area contributed by atoms with E-state index in [2.05, 4.69) is 15.3 Å². The Balaban J connectivity index is 2.19. The lowest BCUT2D eigenvalue weighted by Gasteiger charge is -2.26. The van der Waals surface area contributed by atoms with Gasteiger partial charge in [-0.2, -0.15) is 4.98 Å². The summed E-state index contributed by atoms with van der Waals surface area (Å²) in [5.41, 5.74) is 5.47. The molecular formula is C12H18N4O2. The molecule has 98 valence electrons. The number of nitrogens with zero attached hydrogens (tertiary/aromatic N) is 2. The van der Waals surface area contributed by atoms with Crippen LogP contribution in [0.3, 0.4) is 0 Å². The number of anilines is 1. The Bertz CT molecular complexity index is 444. The van der Waals surface area contributed by atoms with Gasteiger partial charge in [0.15, 0.2) is 0 Å². The summed E-state index contributed by atoms with van der Waals surface area (Å²) in [6, 6.07) is 0.427.